The molecule has 1 aliphatic rings. The van der Waals surface area contributed by atoms with Crippen molar-refractivity contribution in [1.82, 2.24) is 10.3 Å². The van der Waals surface area contributed by atoms with E-state index in [1.54, 1.807) is 18.2 Å². The highest BCUT2D eigenvalue weighted by molar-refractivity contribution is 6.31. The maximum atomic E-state index is 11.9. The van der Waals surface area contributed by atoms with Crippen molar-refractivity contribution in [1.29, 1.82) is 0 Å². The Morgan fingerprint density at radius 1 is 1.32 bits per heavy atom. The summed E-state index contributed by atoms with van der Waals surface area (Å²) in [6.07, 6.45) is 1.33. The van der Waals surface area contributed by atoms with Crippen molar-refractivity contribution >= 4 is 34.8 Å². The Balaban J connectivity index is 2.19. The number of rotatable bonds is 2. The Morgan fingerprint density at radius 2 is 2.09 bits per heavy atom. The summed E-state index contributed by atoms with van der Waals surface area (Å²) in [7, 11) is 1.50. The van der Waals surface area contributed by atoms with Gasteiger partial charge in [0.25, 0.3) is 11.8 Å². The summed E-state index contributed by atoms with van der Waals surface area (Å²) in [4.78, 5) is 27.4. The zero-order valence-corrected chi connectivity index (χ0v) is 12.2. The van der Waals surface area contributed by atoms with E-state index in [1.807, 2.05) is 0 Å². The lowest BCUT2D eigenvalue weighted by molar-refractivity contribution is 0.0962. The van der Waals surface area contributed by atoms with Gasteiger partial charge in [0, 0.05) is 13.2 Å². The van der Waals surface area contributed by atoms with Crippen LogP contribution >= 0.6 is 11.6 Å². The fourth-order valence-electron chi connectivity index (χ4n) is 2.18. The topological polar surface area (TPSA) is 106 Å². The van der Waals surface area contributed by atoms with Crippen LogP contribution in [0.3, 0.4) is 0 Å². The molecule has 22 heavy (non-hydrogen) atoms. The predicted octanol–water partition coefficient (Wildman–Crippen LogP) is 2.04. The fourth-order valence-corrected chi connectivity index (χ4v) is 2.36. The molecule has 0 spiro atoms. The fraction of sp³-hybridized carbons (Fsp3) is 0.0714. The molecule has 112 valence electrons. The van der Waals surface area contributed by atoms with E-state index in [0.29, 0.717) is 17.1 Å². The number of hydrogen-bond donors (Lipinski definition) is 3. The normalized spacial score (nSPS) is 11.5. The Morgan fingerprint density at radius 3 is 2.77 bits per heavy atom. The predicted molar refractivity (Wildman–Crippen MR) is 81.0 cm³/mol. The van der Waals surface area contributed by atoms with E-state index >= 15 is 0 Å². The van der Waals surface area contributed by atoms with E-state index < -0.39 is 5.91 Å². The third-order valence-corrected chi connectivity index (χ3v) is 3.49. The maximum Gasteiger partial charge on any atom is 0.254 e. The zero-order chi connectivity index (χ0) is 15.9. The number of primary amides is 1. The molecule has 8 heteroatoms. The number of pyridine rings is 1. The van der Waals surface area contributed by atoms with E-state index in [4.69, 9.17) is 22.1 Å². The van der Waals surface area contributed by atoms with Crippen molar-refractivity contribution in [3.05, 3.63) is 40.7 Å². The first kappa shape index (κ1) is 14.2. The molecule has 7 nitrogen and oxygen atoms in total. The van der Waals surface area contributed by atoms with Crippen LogP contribution in [0.5, 0.6) is 11.5 Å². The molecule has 0 fully saturated rings. The highest BCUT2D eigenvalue weighted by Crippen LogP contribution is 2.47. The number of carbonyl (C=O) groups is 2. The highest BCUT2D eigenvalue weighted by Gasteiger charge is 2.27. The first-order valence-corrected chi connectivity index (χ1v) is 6.69. The van der Waals surface area contributed by atoms with Gasteiger partial charge in [-0.1, -0.05) is 17.7 Å². The van der Waals surface area contributed by atoms with Gasteiger partial charge in [-0.15, -0.1) is 0 Å². The Kier molecular flexibility index (Phi) is 3.34. The minimum absolute atomic E-state index is 0.102. The number of halogens is 1. The SMILES string of the molecule is CNC(=O)c1cnc(Cl)c2c1Nc1c(cccc1C(N)=O)O2. The molecule has 2 amide bonds. The number of aromatic nitrogens is 1. The average molecular weight is 319 g/mol. The quantitative estimate of drug-likeness (QED) is 0.627. The Hall–Kier alpha value is -2.80. The lowest BCUT2D eigenvalue weighted by Crippen LogP contribution is -2.22. The van der Waals surface area contributed by atoms with Gasteiger partial charge in [0.05, 0.1) is 22.5 Å². The zero-order valence-electron chi connectivity index (χ0n) is 11.4. The second-order valence-corrected chi connectivity index (χ2v) is 4.87. The van der Waals surface area contributed by atoms with Gasteiger partial charge in [-0.25, -0.2) is 4.98 Å². The van der Waals surface area contributed by atoms with Crippen LogP contribution in [0.15, 0.2) is 24.4 Å². The number of nitrogens with zero attached hydrogens (tertiary/aromatic N) is 1. The molecule has 0 bridgehead atoms. The van der Waals surface area contributed by atoms with Gasteiger partial charge >= 0.3 is 0 Å². The van der Waals surface area contributed by atoms with Crippen molar-refractivity contribution in [2.45, 2.75) is 0 Å². The number of amides is 2. The van der Waals surface area contributed by atoms with Crippen LogP contribution < -0.4 is 21.1 Å². The molecule has 4 N–H and O–H groups in total. The molecule has 0 saturated carbocycles. The number of nitrogens with two attached hydrogens (primary N) is 1. The lowest BCUT2D eigenvalue weighted by atomic mass is 10.1. The lowest BCUT2D eigenvalue weighted by Gasteiger charge is -2.25. The second kappa shape index (κ2) is 5.19. The van der Waals surface area contributed by atoms with E-state index in [0.717, 1.165) is 0 Å². The van der Waals surface area contributed by atoms with Crippen molar-refractivity contribution in [3.63, 3.8) is 0 Å². The summed E-state index contributed by atoms with van der Waals surface area (Å²) in [5.74, 6) is -0.381. The van der Waals surface area contributed by atoms with Crippen LogP contribution in [0.1, 0.15) is 20.7 Å². The van der Waals surface area contributed by atoms with Gasteiger partial charge in [0.2, 0.25) is 0 Å². The van der Waals surface area contributed by atoms with Crippen LogP contribution in [-0.4, -0.2) is 23.8 Å². The molecule has 1 aliphatic heterocycles. The summed E-state index contributed by atoms with van der Waals surface area (Å²) in [6.45, 7) is 0. The van der Waals surface area contributed by atoms with Crippen LogP contribution in [0.2, 0.25) is 5.15 Å². The van der Waals surface area contributed by atoms with Gasteiger partial charge in [-0.3, -0.25) is 9.59 Å². The number of fused-ring (bicyclic) bond motifs is 2. The number of hydrogen-bond acceptors (Lipinski definition) is 5. The van der Waals surface area contributed by atoms with Gasteiger partial charge in [-0.2, -0.15) is 0 Å². The smallest absolute Gasteiger partial charge is 0.254 e. The molecule has 0 aliphatic carbocycles. The molecule has 0 radical (unpaired) electrons. The number of carbonyl (C=O) groups excluding carboxylic acids is 2. The van der Waals surface area contributed by atoms with Gasteiger partial charge < -0.3 is 21.1 Å². The maximum absolute atomic E-state index is 11.9. The standard InChI is InChI=1S/C14H11ClN4O3/c1-17-14(21)7-5-18-12(15)11-10(7)19-9-6(13(16)20)3-2-4-8(9)22-11/h2-5,19H,1H3,(H2,16,20)(H,17,21). The number of benzene rings is 1. The van der Waals surface area contributed by atoms with E-state index in [1.165, 1.54) is 13.2 Å². The van der Waals surface area contributed by atoms with Crippen LogP contribution in [0.25, 0.3) is 0 Å². The van der Waals surface area contributed by atoms with Crippen molar-refractivity contribution in [2.24, 2.45) is 5.73 Å². The van der Waals surface area contributed by atoms with Crippen molar-refractivity contribution in [2.75, 3.05) is 12.4 Å². The number of anilines is 2. The second-order valence-electron chi connectivity index (χ2n) is 4.52. The monoisotopic (exact) mass is 318 g/mol. The number of ether oxygens (including phenoxy) is 1. The molecule has 0 saturated heterocycles. The number of para-hydroxylation sites is 1. The van der Waals surface area contributed by atoms with Gasteiger partial charge in [0.15, 0.2) is 16.7 Å². The average Bonchev–Trinajstić information content (AvgIpc) is 2.52. The first-order valence-electron chi connectivity index (χ1n) is 6.31. The number of nitrogens with one attached hydrogen (secondary N) is 2. The third-order valence-electron chi connectivity index (χ3n) is 3.22. The summed E-state index contributed by atoms with van der Waals surface area (Å²) >= 11 is 6.03. The highest BCUT2D eigenvalue weighted by atomic mass is 35.5. The summed E-state index contributed by atoms with van der Waals surface area (Å²) in [6, 6.07) is 4.85. The van der Waals surface area contributed by atoms with Crippen LogP contribution in [0, 0.1) is 0 Å². The largest absolute Gasteiger partial charge is 0.450 e. The van der Waals surface area contributed by atoms with E-state index in [9.17, 15) is 9.59 Å². The van der Waals surface area contributed by atoms with Crippen molar-refractivity contribution in [3.8, 4) is 11.5 Å². The minimum Gasteiger partial charge on any atom is -0.450 e. The molecule has 2 heterocycles. The summed E-state index contributed by atoms with van der Waals surface area (Å²) in [5, 5.41) is 5.61. The van der Waals surface area contributed by atoms with Crippen molar-refractivity contribution < 1.29 is 14.3 Å². The summed E-state index contributed by atoms with van der Waals surface area (Å²) in [5.41, 5.74) is 6.57. The van der Waals surface area contributed by atoms with Gasteiger partial charge in [-0.05, 0) is 12.1 Å². The molecule has 0 unspecified atom stereocenters. The summed E-state index contributed by atoms with van der Waals surface area (Å²) < 4.78 is 5.69. The molecule has 0 atom stereocenters. The van der Waals surface area contributed by atoms with Gasteiger partial charge in [0.1, 0.15) is 0 Å². The third kappa shape index (κ3) is 2.11. The Labute approximate surface area is 130 Å². The first-order chi connectivity index (χ1) is 10.5. The molecular formula is C14H11ClN4O3. The molecule has 2 aromatic rings. The minimum atomic E-state index is -0.613. The van der Waals surface area contributed by atoms with E-state index in [2.05, 4.69) is 15.6 Å². The van der Waals surface area contributed by atoms with Crippen LogP contribution in [0.4, 0.5) is 11.4 Å². The van der Waals surface area contributed by atoms with E-state index in [-0.39, 0.29) is 27.9 Å². The Bertz CT molecular complexity index is 807. The van der Waals surface area contributed by atoms with Crippen LogP contribution in [-0.2, 0) is 0 Å². The molecule has 3 rings (SSSR count). The molecule has 1 aromatic carbocycles. The molecular weight excluding hydrogens is 308 g/mol. The molecule has 1 aromatic heterocycles.